The minimum atomic E-state index is -1.00. The Morgan fingerprint density at radius 3 is 2.79 bits per heavy atom. The molecule has 0 spiro atoms. The van der Waals surface area contributed by atoms with Crippen LogP contribution in [0.4, 0.5) is 0 Å². The zero-order valence-corrected chi connectivity index (χ0v) is 13.9. The first-order valence-corrected chi connectivity index (χ1v) is 8.57. The number of piperidine rings is 1. The van der Waals surface area contributed by atoms with E-state index >= 15 is 0 Å². The predicted molar refractivity (Wildman–Crippen MR) is 90.1 cm³/mol. The van der Waals surface area contributed by atoms with Crippen LogP contribution in [0.1, 0.15) is 24.8 Å². The Kier molecular flexibility index (Phi) is 5.16. The number of hydrogen-bond acceptors (Lipinski definition) is 4. The van der Waals surface area contributed by atoms with Crippen molar-refractivity contribution in [2.45, 2.75) is 31.4 Å². The first-order chi connectivity index (χ1) is 11.5. The molecule has 0 aromatic heterocycles. The molecule has 1 aromatic carbocycles. The topological polar surface area (TPSA) is 72.9 Å². The molecule has 0 aliphatic carbocycles. The van der Waals surface area contributed by atoms with Gasteiger partial charge in [-0.2, -0.15) is 0 Å². The van der Waals surface area contributed by atoms with Crippen LogP contribution in [0.2, 0.25) is 0 Å². The van der Waals surface area contributed by atoms with Crippen molar-refractivity contribution < 1.29 is 14.7 Å². The fraction of sp³-hybridized carbons (Fsp3) is 0.556. The fourth-order valence-electron chi connectivity index (χ4n) is 3.57. The third-order valence-corrected chi connectivity index (χ3v) is 4.75. The Morgan fingerprint density at radius 2 is 2.04 bits per heavy atom. The van der Waals surface area contributed by atoms with Crippen molar-refractivity contribution in [1.82, 2.24) is 15.1 Å². The highest BCUT2D eigenvalue weighted by atomic mass is 16.3. The van der Waals surface area contributed by atoms with Gasteiger partial charge in [0.2, 0.25) is 11.8 Å². The van der Waals surface area contributed by atoms with Crippen molar-refractivity contribution >= 4 is 11.8 Å². The average molecular weight is 331 g/mol. The summed E-state index contributed by atoms with van der Waals surface area (Å²) in [5.41, 5.74) is 0.207. The molecule has 1 aromatic rings. The van der Waals surface area contributed by atoms with Gasteiger partial charge in [0.15, 0.2) is 0 Å². The first kappa shape index (κ1) is 16.9. The Labute approximate surface area is 142 Å². The lowest BCUT2D eigenvalue weighted by Gasteiger charge is -2.40. The Hall–Kier alpha value is -1.92. The molecule has 1 unspecified atom stereocenters. The van der Waals surface area contributed by atoms with E-state index in [1.165, 1.54) is 5.56 Å². The summed E-state index contributed by atoms with van der Waals surface area (Å²) in [6, 6.07) is 10.2. The van der Waals surface area contributed by atoms with E-state index < -0.39 is 5.60 Å². The average Bonchev–Trinajstić information content (AvgIpc) is 2.55. The van der Waals surface area contributed by atoms with Gasteiger partial charge in [-0.3, -0.25) is 14.5 Å². The normalized spacial score (nSPS) is 25.4. The molecule has 0 radical (unpaired) electrons. The second-order valence-corrected chi connectivity index (χ2v) is 6.87. The summed E-state index contributed by atoms with van der Waals surface area (Å²) < 4.78 is 0. The van der Waals surface area contributed by atoms with Crippen molar-refractivity contribution in [2.24, 2.45) is 0 Å². The van der Waals surface area contributed by atoms with Crippen molar-refractivity contribution in [2.75, 3.05) is 32.7 Å². The number of rotatable bonds is 4. The van der Waals surface area contributed by atoms with Crippen LogP contribution in [0.25, 0.3) is 0 Å². The maximum absolute atomic E-state index is 12.4. The number of β-amino-alcohol motifs (C(OH)–C–C–N with tert-alkyl or cyclic N) is 1. The minimum Gasteiger partial charge on any atom is -0.388 e. The summed E-state index contributed by atoms with van der Waals surface area (Å²) in [6.45, 7) is 3.31. The second kappa shape index (κ2) is 7.32. The number of aliphatic hydroxyl groups is 1. The smallest absolute Gasteiger partial charge is 0.239 e. The van der Waals surface area contributed by atoms with Gasteiger partial charge >= 0.3 is 0 Å². The monoisotopic (exact) mass is 331 g/mol. The Bertz CT molecular complexity index is 592. The van der Waals surface area contributed by atoms with Crippen LogP contribution < -0.4 is 5.32 Å². The number of piperazine rings is 1. The number of amides is 2. The summed E-state index contributed by atoms with van der Waals surface area (Å²) in [5.74, 6) is -0.259. The van der Waals surface area contributed by atoms with Gasteiger partial charge in [0, 0.05) is 26.2 Å². The molecule has 6 heteroatoms. The van der Waals surface area contributed by atoms with Gasteiger partial charge < -0.3 is 15.3 Å². The van der Waals surface area contributed by atoms with E-state index in [-0.39, 0.29) is 24.8 Å². The molecule has 6 nitrogen and oxygen atoms in total. The number of hydrogen-bond donors (Lipinski definition) is 2. The highest BCUT2D eigenvalue weighted by molar-refractivity contribution is 5.86. The van der Waals surface area contributed by atoms with E-state index in [0.717, 1.165) is 19.5 Å². The van der Waals surface area contributed by atoms with Crippen LogP contribution in [-0.4, -0.2) is 65.0 Å². The van der Waals surface area contributed by atoms with Crippen LogP contribution in [0.3, 0.4) is 0 Å². The second-order valence-electron chi connectivity index (χ2n) is 6.87. The van der Waals surface area contributed by atoms with E-state index in [1.54, 1.807) is 4.90 Å². The maximum Gasteiger partial charge on any atom is 0.239 e. The molecule has 130 valence electrons. The van der Waals surface area contributed by atoms with Crippen LogP contribution in [0.15, 0.2) is 30.3 Å². The summed E-state index contributed by atoms with van der Waals surface area (Å²) in [6.07, 6.45) is 1.59. The third kappa shape index (κ3) is 4.33. The molecule has 2 aliphatic rings. The molecule has 2 aliphatic heterocycles. The quantitative estimate of drug-likeness (QED) is 0.836. The molecule has 2 heterocycles. The number of nitrogens with one attached hydrogen (secondary N) is 1. The lowest BCUT2D eigenvalue weighted by atomic mass is 9.88. The Balaban J connectivity index is 1.57. The van der Waals surface area contributed by atoms with Gasteiger partial charge in [0.25, 0.3) is 0 Å². The number of carbonyl (C=O) groups excluding carboxylic acids is 2. The summed E-state index contributed by atoms with van der Waals surface area (Å²) in [7, 11) is 0. The number of nitrogens with zero attached hydrogens (tertiary/aromatic N) is 2. The largest absolute Gasteiger partial charge is 0.388 e. The third-order valence-electron chi connectivity index (χ3n) is 4.75. The zero-order valence-electron chi connectivity index (χ0n) is 13.9. The van der Waals surface area contributed by atoms with Crippen molar-refractivity contribution in [3.63, 3.8) is 0 Å². The van der Waals surface area contributed by atoms with Crippen LogP contribution in [0, 0.1) is 0 Å². The predicted octanol–water partition coefficient (Wildman–Crippen LogP) is 0.362. The summed E-state index contributed by atoms with van der Waals surface area (Å²) >= 11 is 0. The summed E-state index contributed by atoms with van der Waals surface area (Å²) in [5, 5.41) is 13.6. The van der Waals surface area contributed by atoms with Gasteiger partial charge in [-0.1, -0.05) is 30.3 Å². The molecule has 2 amide bonds. The number of carbonyl (C=O) groups is 2. The van der Waals surface area contributed by atoms with E-state index in [1.807, 2.05) is 18.2 Å². The summed E-state index contributed by atoms with van der Waals surface area (Å²) in [4.78, 5) is 27.6. The first-order valence-electron chi connectivity index (χ1n) is 8.57. The molecular weight excluding hydrogens is 306 g/mol. The van der Waals surface area contributed by atoms with Crippen molar-refractivity contribution in [1.29, 1.82) is 0 Å². The maximum atomic E-state index is 12.4. The van der Waals surface area contributed by atoms with Crippen molar-refractivity contribution in [3.8, 4) is 0 Å². The van der Waals surface area contributed by atoms with E-state index in [2.05, 4.69) is 22.3 Å². The van der Waals surface area contributed by atoms with Gasteiger partial charge in [0.05, 0.1) is 18.6 Å². The molecule has 24 heavy (non-hydrogen) atoms. The zero-order chi connectivity index (χ0) is 17.0. The highest BCUT2D eigenvalue weighted by Crippen LogP contribution is 2.26. The standard InChI is InChI=1S/C18H25N3O3/c22-16-13-21(10-8-19-16)17(23)11-18(24)7-4-9-20(14-18)12-15-5-2-1-3-6-15/h1-3,5-6,24H,4,7-14H2,(H,19,22). The SMILES string of the molecule is O=C1CN(C(=O)CC2(O)CCCN(Cc3ccccc3)C2)CCN1. The molecule has 0 saturated carbocycles. The van der Waals surface area contributed by atoms with E-state index in [0.29, 0.717) is 26.1 Å². The lowest BCUT2D eigenvalue weighted by Crippen LogP contribution is -2.54. The molecule has 2 N–H and O–H groups in total. The van der Waals surface area contributed by atoms with Crippen LogP contribution in [-0.2, 0) is 16.1 Å². The van der Waals surface area contributed by atoms with Gasteiger partial charge in [-0.25, -0.2) is 0 Å². The lowest BCUT2D eigenvalue weighted by molar-refractivity contribution is -0.144. The minimum absolute atomic E-state index is 0.0889. The van der Waals surface area contributed by atoms with Crippen LogP contribution >= 0.6 is 0 Å². The molecule has 2 fully saturated rings. The molecule has 1 atom stereocenters. The highest BCUT2D eigenvalue weighted by Gasteiger charge is 2.37. The van der Waals surface area contributed by atoms with Gasteiger partial charge in [-0.05, 0) is 24.9 Å². The Morgan fingerprint density at radius 1 is 1.25 bits per heavy atom. The molecular formula is C18H25N3O3. The van der Waals surface area contributed by atoms with Crippen LogP contribution in [0.5, 0.6) is 0 Å². The molecule has 2 saturated heterocycles. The van der Waals surface area contributed by atoms with E-state index in [9.17, 15) is 14.7 Å². The van der Waals surface area contributed by atoms with Crippen molar-refractivity contribution in [3.05, 3.63) is 35.9 Å². The fourth-order valence-corrected chi connectivity index (χ4v) is 3.57. The number of likely N-dealkylation sites (tertiary alicyclic amines) is 1. The molecule has 0 bridgehead atoms. The van der Waals surface area contributed by atoms with Gasteiger partial charge in [-0.15, -0.1) is 0 Å². The van der Waals surface area contributed by atoms with Gasteiger partial charge in [0.1, 0.15) is 0 Å². The number of benzene rings is 1. The molecule has 3 rings (SSSR count). The van der Waals surface area contributed by atoms with E-state index in [4.69, 9.17) is 0 Å².